The molecule has 0 bridgehead atoms. The van der Waals surface area contributed by atoms with E-state index in [0.29, 0.717) is 11.4 Å². The predicted molar refractivity (Wildman–Crippen MR) is 54.1 cm³/mol. The summed E-state index contributed by atoms with van der Waals surface area (Å²) in [7, 11) is 0. The number of nitrogens with zero attached hydrogens (tertiary/aromatic N) is 1. The van der Waals surface area contributed by atoms with Gasteiger partial charge in [0.15, 0.2) is 0 Å². The van der Waals surface area contributed by atoms with E-state index in [2.05, 4.69) is 15.3 Å². The number of anilines is 1. The van der Waals surface area contributed by atoms with Crippen LogP contribution in [0.1, 0.15) is 24.3 Å². The molecule has 76 valence electrons. The molecule has 1 fully saturated rings. The van der Waals surface area contributed by atoms with Crippen molar-refractivity contribution in [3.63, 3.8) is 0 Å². The van der Waals surface area contributed by atoms with Crippen molar-refractivity contribution in [1.82, 2.24) is 15.3 Å². The number of hydrogen-bond donors (Lipinski definition) is 3. The largest absolute Gasteiger partial charge is 0.383 e. The lowest BCUT2D eigenvalue weighted by atomic mass is 9.91. The minimum Gasteiger partial charge on any atom is -0.383 e. The molecule has 14 heavy (non-hydrogen) atoms. The van der Waals surface area contributed by atoms with Crippen LogP contribution in [0.3, 0.4) is 0 Å². The Morgan fingerprint density at radius 2 is 2.14 bits per heavy atom. The molecule has 0 spiro atoms. The summed E-state index contributed by atoms with van der Waals surface area (Å²) in [5, 5.41) is 3.25. The third-order valence-electron chi connectivity index (χ3n) is 2.67. The fourth-order valence-electron chi connectivity index (χ4n) is 1.93. The van der Waals surface area contributed by atoms with Gasteiger partial charge in [0, 0.05) is 0 Å². The first-order chi connectivity index (χ1) is 6.79. The third kappa shape index (κ3) is 1.63. The molecule has 1 saturated heterocycles. The number of nitrogens with one attached hydrogen (secondary N) is 2. The lowest BCUT2D eigenvalue weighted by Crippen LogP contribution is -2.30. The first-order valence-corrected chi connectivity index (χ1v) is 4.83. The van der Waals surface area contributed by atoms with Crippen molar-refractivity contribution < 1.29 is 0 Å². The third-order valence-corrected chi connectivity index (χ3v) is 2.67. The van der Waals surface area contributed by atoms with E-state index >= 15 is 0 Å². The monoisotopic (exact) mass is 194 g/mol. The summed E-state index contributed by atoms with van der Waals surface area (Å²) in [5.74, 6) is 0.634. The zero-order chi connectivity index (χ0) is 9.97. The van der Waals surface area contributed by atoms with E-state index in [-0.39, 0.29) is 11.5 Å². The van der Waals surface area contributed by atoms with Gasteiger partial charge >= 0.3 is 0 Å². The number of nitrogens with two attached hydrogens (primary N) is 1. The molecule has 2 rings (SSSR count). The molecule has 2 heterocycles. The van der Waals surface area contributed by atoms with Crippen LogP contribution in [0.2, 0.25) is 0 Å². The highest BCUT2D eigenvalue weighted by atomic mass is 16.1. The Kier molecular flexibility index (Phi) is 2.49. The van der Waals surface area contributed by atoms with Gasteiger partial charge in [-0.3, -0.25) is 4.79 Å². The fraction of sp³-hybridized carbons (Fsp3) is 0.556. The highest BCUT2D eigenvalue weighted by molar-refractivity contribution is 5.39. The molecular weight excluding hydrogens is 180 g/mol. The van der Waals surface area contributed by atoms with Gasteiger partial charge in [-0.1, -0.05) is 0 Å². The summed E-state index contributed by atoms with van der Waals surface area (Å²) >= 11 is 0. The Hall–Kier alpha value is -1.36. The lowest BCUT2D eigenvalue weighted by Gasteiger charge is -2.22. The summed E-state index contributed by atoms with van der Waals surface area (Å²) in [5.41, 5.74) is 6.27. The molecule has 1 aromatic heterocycles. The van der Waals surface area contributed by atoms with Crippen molar-refractivity contribution in [2.24, 2.45) is 0 Å². The Labute approximate surface area is 81.7 Å². The Balaban J connectivity index is 2.34. The molecule has 1 aliphatic heterocycles. The van der Waals surface area contributed by atoms with Crippen molar-refractivity contribution in [3.05, 3.63) is 22.2 Å². The maximum Gasteiger partial charge on any atom is 0.256 e. The molecule has 0 aromatic carbocycles. The van der Waals surface area contributed by atoms with Crippen molar-refractivity contribution in [1.29, 1.82) is 0 Å². The topological polar surface area (TPSA) is 83.8 Å². The minimum absolute atomic E-state index is 0.0931. The van der Waals surface area contributed by atoms with Crippen molar-refractivity contribution in [3.8, 4) is 0 Å². The molecule has 0 aliphatic carbocycles. The van der Waals surface area contributed by atoms with Gasteiger partial charge in [0.2, 0.25) is 0 Å². The van der Waals surface area contributed by atoms with Crippen LogP contribution < -0.4 is 16.6 Å². The molecular formula is C9H14N4O. The van der Waals surface area contributed by atoms with Crippen LogP contribution in [0.25, 0.3) is 0 Å². The van der Waals surface area contributed by atoms with Crippen LogP contribution in [0, 0.1) is 0 Å². The van der Waals surface area contributed by atoms with Crippen LogP contribution in [0.5, 0.6) is 0 Å². The zero-order valence-electron chi connectivity index (χ0n) is 7.92. The first-order valence-electron chi connectivity index (χ1n) is 4.83. The fourth-order valence-corrected chi connectivity index (χ4v) is 1.93. The Bertz CT molecular complexity index is 367. The average Bonchev–Trinajstić information content (AvgIpc) is 2.19. The maximum atomic E-state index is 11.5. The quantitative estimate of drug-likeness (QED) is 0.579. The summed E-state index contributed by atoms with van der Waals surface area (Å²) in [6.45, 7) is 1.89. The molecule has 4 N–H and O–H groups in total. The molecule has 5 nitrogen and oxygen atoms in total. The normalized spacial score (nSPS) is 18.3. The van der Waals surface area contributed by atoms with E-state index in [1.807, 2.05) is 0 Å². The lowest BCUT2D eigenvalue weighted by molar-refractivity contribution is 0.458. The Morgan fingerprint density at radius 1 is 1.43 bits per heavy atom. The minimum atomic E-state index is -0.0931. The second-order valence-electron chi connectivity index (χ2n) is 3.55. The highest BCUT2D eigenvalue weighted by Crippen LogP contribution is 2.24. The van der Waals surface area contributed by atoms with Crippen LogP contribution in [0.4, 0.5) is 5.82 Å². The number of H-pyrrole nitrogens is 1. The number of hydrogen-bond acceptors (Lipinski definition) is 4. The molecule has 0 atom stereocenters. The second kappa shape index (κ2) is 3.79. The van der Waals surface area contributed by atoms with Gasteiger partial charge in [0.25, 0.3) is 5.56 Å². The number of rotatable bonds is 1. The summed E-state index contributed by atoms with van der Waals surface area (Å²) in [6.07, 6.45) is 3.26. The smallest absolute Gasteiger partial charge is 0.256 e. The predicted octanol–water partition coefficient (Wildman–Crippen LogP) is -0.181. The number of piperidine rings is 1. The summed E-state index contributed by atoms with van der Waals surface area (Å²) in [6, 6.07) is 0. The van der Waals surface area contributed by atoms with Gasteiger partial charge in [-0.2, -0.15) is 0 Å². The zero-order valence-corrected chi connectivity index (χ0v) is 7.92. The first kappa shape index (κ1) is 9.21. The van der Waals surface area contributed by atoms with E-state index in [0.717, 1.165) is 25.9 Å². The van der Waals surface area contributed by atoms with E-state index < -0.39 is 0 Å². The Morgan fingerprint density at radius 3 is 2.79 bits per heavy atom. The van der Waals surface area contributed by atoms with Gasteiger partial charge < -0.3 is 16.0 Å². The van der Waals surface area contributed by atoms with Crippen molar-refractivity contribution >= 4 is 5.82 Å². The van der Waals surface area contributed by atoms with Crippen LogP contribution in [-0.2, 0) is 0 Å². The van der Waals surface area contributed by atoms with Gasteiger partial charge in [-0.15, -0.1) is 0 Å². The van der Waals surface area contributed by atoms with Gasteiger partial charge in [0.05, 0.1) is 11.9 Å². The highest BCUT2D eigenvalue weighted by Gasteiger charge is 2.20. The molecule has 1 aliphatic rings. The number of aromatic amines is 1. The van der Waals surface area contributed by atoms with Crippen LogP contribution >= 0.6 is 0 Å². The van der Waals surface area contributed by atoms with Gasteiger partial charge in [0.1, 0.15) is 5.82 Å². The molecule has 0 saturated carbocycles. The van der Waals surface area contributed by atoms with Crippen LogP contribution in [-0.4, -0.2) is 23.1 Å². The van der Waals surface area contributed by atoms with E-state index in [1.54, 1.807) is 0 Å². The van der Waals surface area contributed by atoms with E-state index in [9.17, 15) is 4.79 Å². The molecule has 0 radical (unpaired) electrons. The maximum absolute atomic E-state index is 11.5. The summed E-state index contributed by atoms with van der Waals surface area (Å²) < 4.78 is 0. The summed E-state index contributed by atoms with van der Waals surface area (Å²) in [4.78, 5) is 18.0. The SMILES string of the molecule is Nc1nc[nH]c(=O)c1C1CCNCC1. The van der Waals surface area contributed by atoms with Gasteiger partial charge in [-0.25, -0.2) is 4.98 Å². The van der Waals surface area contributed by atoms with Crippen LogP contribution in [0.15, 0.2) is 11.1 Å². The van der Waals surface area contributed by atoms with E-state index in [4.69, 9.17) is 5.73 Å². The average molecular weight is 194 g/mol. The molecule has 0 amide bonds. The molecule has 5 heteroatoms. The van der Waals surface area contributed by atoms with Crippen molar-refractivity contribution in [2.45, 2.75) is 18.8 Å². The van der Waals surface area contributed by atoms with Gasteiger partial charge in [-0.05, 0) is 31.8 Å². The van der Waals surface area contributed by atoms with E-state index in [1.165, 1.54) is 6.33 Å². The number of nitrogen functional groups attached to an aromatic ring is 1. The molecule has 1 aromatic rings. The second-order valence-corrected chi connectivity index (χ2v) is 3.55. The molecule has 0 unspecified atom stereocenters. The standard InChI is InChI=1S/C9H14N4O/c10-8-7(9(14)13-5-12-8)6-1-3-11-4-2-6/h5-6,11H,1-4H2,(H3,10,12,13,14). The number of aromatic nitrogens is 2. The van der Waals surface area contributed by atoms with Crippen molar-refractivity contribution in [2.75, 3.05) is 18.8 Å².